The summed E-state index contributed by atoms with van der Waals surface area (Å²) in [5, 5.41) is 30.3. The van der Waals surface area contributed by atoms with Crippen LogP contribution < -0.4 is 0 Å². The third kappa shape index (κ3) is 8.78. The first-order valence-electron chi connectivity index (χ1n) is 11.7. The smallest absolute Gasteiger partial charge is 0.189 e. The minimum atomic E-state index is -0.360. The Labute approximate surface area is 203 Å². The number of hydrogen-bond acceptors (Lipinski definition) is 4. The van der Waals surface area contributed by atoms with Crippen molar-refractivity contribution in [3.8, 4) is 17.2 Å². The van der Waals surface area contributed by atoms with Gasteiger partial charge in [-0.05, 0) is 95.7 Å². The Bertz CT molecular complexity index is 1100. The molecule has 0 bridgehead atoms. The van der Waals surface area contributed by atoms with Crippen molar-refractivity contribution in [1.29, 1.82) is 0 Å². The molecule has 0 aliphatic heterocycles. The number of phenols is 3. The monoisotopic (exact) mass is 460 g/mol. The number of ketones is 1. The van der Waals surface area contributed by atoms with Crippen LogP contribution >= 0.6 is 0 Å². The van der Waals surface area contributed by atoms with E-state index in [0.29, 0.717) is 12.0 Å². The van der Waals surface area contributed by atoms with Crippen molar-refractivity contribution in [3.63, 3.8) is 0 Å². The van der Waals surface area contributed by atoms with Crippen LogP contribution in [0.15, 0.2) is 77.4 Å². The number of benzene rings is 2. The first-order chi connectivity index (χ1) is 16.2. The van der Waals surface area contributed by atoms with Gasteiger partial charge in [0.05, 0.1) is 5.56 Å². The van der Waals surface area contributed by atoms with E-state index < -0.39 is 0 Å². The van der Waals surface area contributed by atoms with Gasteiger partial charge in [-0.2, -0.15) is 0 Å². The van der Waals surface area contributed by atoms with Crippen molar-refractivity contribution < 1.29 is 20.1 Å². The summed E-state index contributed by atoms with van der Waals surface area (Å²) >= 11 is 0. The van der Waals surface area contributed by atoms with Gasteiger partial charge in [0.15, 0.2) is 5.78 Å². The Morgan fingerprint density at radius 1 is 0.794 bits per heavy atom. The Balaban J connectivity index is 2.02. The van der Waals surface area contributed by atoms with Gasteiger partial charge in [-0.15, -0.1) is 0 Å². The molecule has 0 atom stereocenters. The van der Waals surface area contributed by atoms with E-state index in [1.165, 1.54) is 41.5 Å². The minimum absolute atomic E-state index is 0.0318. The second-order valence-corrected chi connectivity index (χ2v) is 8.91. The Morgan fingerprint density at radius 2 is 1.41 bits per heavy atom. The number of carbonyl (C=O) groups excluding carboxylic acids is 1. The fraction of sp³-hybridized carbons (Fsp3) is 0.300. The quantitative estimate of drug-likeness (QED) is 0.183. The number of carbonyl (C=O) groups is 1. The summed E-state index contributed by atoms with van der Waals surface area (Å²) in [6.07, 6.45) is 13.8. The van der Waals surface area contributed by atoms with Crippen molar-refractivity contribution in [2.45, 2.75) is 59.8 Å². The molecule has 0 fully saturated rings. The molecule has 0 heterocycles. The summed E-state index contributed by atoms with van der Waals surface area (Å²) < 4.78 is 0. The van der Waals surface area contributed by atoms with Crippen molar-refractivity contribution in [3.05, 3.63) is 94.1 Å². The first-order valence-corrected chi connectivity index (χ1v) is 11.7. The molecule has 4 nitrogen and oxygen atoms in total. The standard InChI is InChI=1S/C30H36O4/c1-21(2)7-5-8-22(3)9-6-10-23(4)11-17-26-29(33)20-18-27(30(26)34)28(32)19-14-24-12-15-25(31)16-13-24/h7,9,11-16,18-20,31,33-34H,5-6,8,10,17H2,1-4H3. The van der Waals surface area contributed by atoms with E-state index in [1.54, 1.807) is 18.2 Å². The molecule has 34 heavy (non-hydrogen) atoms. The highest BCUT2D eigenvalue weighted by molar-refractivity contribution is 6.09. The van der Waals surface area contributed by atoms with Crippen LogP contribution in [0.4, 0.5) is 0 Å². The van der Waals surface area contributed by atoms with E-state index >= 15 is 0 Å². The minimum Gasteiger partial charge on any atom is -0.508 e. The lowest BCUT2D eigenvalue weighted by molar-refractivity contribution is 0.104. The van der Waals surface area contributed by atoms with Gasteiger partial charge in [-0.3, -0.25) is 4.79 Å². The van der Waals surface area contributed by atoms with E-state index in [1.807, 2.05) is 13.0 Å². The summed E-state index contributed by atoms with van der Waals surface area (Å²) in [4.78, 5) is 12.6. The summed E-state index contributed by atoms with van der Waals surface area (Å²) in [7, 11) is 0. The molecule has 3 N–H and O–H groups in total. The number of rotatable bonds is 11. The normalized spacial score (nSPS) is 12.2. The zero-order valence-corrected chi connectivity index (χ0v) is 20.6. The highest BCUT2D eigenvalue weighted by Gasteiger charge is 2.15. The van der Waals surface area contributed by atoms with Crippen LogP contribution in [-0.4, -0.2) is 21.1 Å². The molecule has 2 aromatic rings. The lowest BCUT2D eigenvalue weighted by atomic mass is 9.99. The predicted molar refractivity (Wildman–Crippen MR) is 140 cm³/mol. The number of hydrogen-bond donors (Lipinski definition) is 3. The van der Waals surface area contributed by atoms with Crippen molar-refractivity contribution in [1.82, 2.24) is 0 Å². The molecule has 2 aromatic carbocycles. The average molecular weight is 461 g/mol. The van der Waals surface area contributed by atoms with Crippen LogP contribution in [0.1, 0.15) is 74.9 Å². The van der Waals surface area contributed by atoms with Gasteiger partial charge in [0.25, 0.3) is 0 Å². The maximum atomic E-state index is 12.6. The maximum absolute atomic E-state index is 12.6. The molecular formula is C30H36O4. The van der Waals surface area contributed by atoms with Crippen LogP contribution in [0.5, 0.6) is 17.2 Å². The van der Waals surface area contributed by atoms with Crippen LogP contribution in [0, 0.1) is 0 Å². The van der Waals surface area contributed by atoms with Gasteiger partial charge in [0, 0.05) is 5.56 Å². The molecule has 0 radical (unpaired) electrons. The summed E-state index contributed by atoms with van der Waals surface area (Å²) in [5.74, 6) is -0.436. The molecule has 0 aromatic heterocycles. The number of allylic oxidation sites excluding steroid dienone is 7. The van der Waals surface area contributed by atoms with Crippen molar-refractivity contribution >= 4 is 11.9 Å². The highest BCUT2D eigenvalue weighted by Crippen LogP contribution is 2.32. The van der Waals surface area contributed by atoms with Gasteiger partial charge in [-0.25, -0.2) is 0 Å². The molecule has 180 valence electrons. The third-order valence-electron chi connectivity index (χ3n) is 5.62. The third-order valence-corrected chi connectivity index (χ3v) is 5.62. The Hall–Kier alpha value is -3.53. The van der Waals surface area contributed by atoms with Gasteiger partial charge < -0.3 is 15.3 Å². The molecule has 0 saturated heterocycles. The van der Waals surface area contributed by atoms with Crippen molar-refractivity contribution in [2.75, 3.05) is 0 Å². The van der Waals surface area contributed by atoms with E-state index in [2.05, 4.69) is 32.9 Å². The van der Waals surface area contributed by atoms with Gasteiger partial charge in [0.1, 0.15) is 17.2 Å². The lowest BCUT2D eigenvalue weighted by Gasteiger charge is -2.09. The second kappa shape index (κ2) is 13.2. The van der Waals surface area contributed by atoms with Crippen LogP contribution in [-0.2, 0) is 6.42 Å². The topological polar surface area (TPSA) is 77.8 Å². The Kier molecular flexibility index (Phi) is 10.4. The zero-order chi connectivity index (χ0) is 25.1. The fourth-order valence-corrected chi connectivity index (χ4v) is 3.49. The van der Waals surface area contributed by atoms with E-state index in [-0.39, 0.29) is 28.6 Å². The molecule has 0 aliphatic carbocycles. The van der Waals surface area contributed by atoms with Gasteiger partial charge in [-0.1, -0.05) is 53.2 Å². The molecule has 0 spiro atoms. The van der Waals surface area contributed by atoms with Crippen LogP contribution in [0.2, 0.25) is 0 Å². The van der Waals surface area contributed by atoms with Crippen LogP contribution in [0.3, 0.4) is 0 Å². The first kappa shape index (κ1) is 26.7. The van der Waals surface area contributed by atoms with Crippen LogP contribution in [0.25, 0.3) is 6.08 Å². The largest absolute Gasteiger partial charge is 0.508 e. The fourth-order valence-electron chi connectivity index (χ4n) is 3.49. The zero-order valence-electron chi connectivity index (χ0n) is 20.6. The molecular weight excluding hydrogens is 424 g/mol. The predicted octanol–water partition coefficient (Wildman–Crippen LogP) is 7.66. The summed E-state index contributed by atoms with van der Waals surface area (Å²) in [5.41, 5.74) is 5.13. The van der Waals surface area contributed by atoms with E-state index in [0.717, 1.165) is 36.8 Å². The molecule has 0 aliphatic rings. The van der Waals surface area contributed by atoms with E-state index in [9.17, 15) is 20.1 Å². The molecule has 2 rings (SSSR count). The molecule has 0 unspecified atom stereocenters. The number of phenolic OH excluding ortho intramolecular Hbond substituents is 3. The summed E-state index contributed by atoms with van der Waals surface area (Å²) in [6.45, 7) is 8.42. The Morgan fingerprint density at radius 3 is 2.06 bits per heavy atom. The summed E-state index contributed by atoms with van der Waals surface area (Å²) in [6, 6.07) is 9.33. The average Bonchev–Trinajstić information content (AvgIpc) is 2.78. The lowest BCUT2D eigenvalue weighted by Crippen LogP contribution is -1.98. The van der Waals surface area contributed by atoms with Gasteiger partial charge >= 0.3 is 0 Å². The maximum Gasteiger partial charge on any atom is 0.189 e. The molecule has 0 amide bonds. The number of aromatic hydroxyl groups is 3. The molecule has 0 saturated carbocycles. The highest BCUT2D eigenvalue weighted by atomic mass is 16.3. The van der Waals surface area contributed by atoms with E-state index in [4.69, 9.17) is 0 Å². The van der Waals surface area contributed by atoms with Crippen molar-refractivity contribution in [2.24, 2.45) is 0 Å². The SMILES string of the molecule is CC(C)=CCCC(C)=CCCC(C)=CCc1c(O)ccc(C(=O)C=Cc2ccc(O)cc2)c1O. The van der Waals surface area contributed by atoms with Gasteiger partial charge in [0.2, 0.25) is 0 Å². The molecule has 4 heteroatoms. The second-order valence-electron chi connectivity index (χ2n) is 8.91.